The van der Waals surface area contributed by atoms with Crippen LogP contribution >= 0.6 is 11.3 Å². The molecule has 0 N–H and O–H groups in total. The van der Waals surface area contributed by atoms with Crippen LogP contribution in [0.5, 0.6) is 0 Å². The number of pyridine rings is 1. The summed E-state index contributed by atoms with van der Waals surface area (Å²) >= 11 is 1.48. The van der Waals surface area contributed by atoms with E-state index in [0.29, 0.717) is 0 Å². The fourth-order valence-electron chi connectivity index (χ4n) is 1.95. The average Bonchev–Trinajstić information content (AvgIpc) is 2.97. The van der Waals surface area contributed by atoms with Crippen molar-refractivity contribution in [2.45, 2.75) is 0 Å². The van der Waals surface area contributed by atoms with Crippen LogP contribution in [0.1, 0.15) is 5.69 Å². The Labute approximate surface area is 130 Å². The van der Waals surface area contributed by atoms with Gasteiger partial charge in [0.05, 0.1) is 17.6 Å². The number of nitrogens with zero attached hydrogens (tertiary/aromatic N) is 4. The summed E-state index contributed by atoms with van der Waals surface area (Å²) < 4.78 is 14.8. The second kappa shape index (κ2) is 6.44. The van der Waals surface area contributed by atoms with Crippen molar-refractivity contribution in [3.8, 4) is 11.3 Å². The maximum Gasteiger partial charge on any atom is 0.205 e. The van der Waals surface area contributed by atoms with Gasteiger partial charge in [-0.25, -0.2) is 9.07 Å². The third-order valence-electron chi connectivity index (χ3n) is 3.01. The molecular weight excluding hydrogens is 299 g/mol. The molecule has 0 aliphatic rings. The molecule has 0 bridgehead atoms. The minimum absolute atomic E-state index is 0.261. The van der Waals surface area contributed by atoms with Crippen LogP contribution < -0.4 is 4.80 Å². The van der Waals surface area contributed by atoms with Gasteiger partial charge in [0.15, 0.2) is 0 Å². The van der Waals surface area contributed by atoms with Crippen LogP contribution in [0, 0.1) is 5.82 Å². The maximum absolute atomic E-state index is 13.1. The maximum atomic E-state index is 13.1. The molecular formula is C16H13FN4S. The highest BCUT2D eigenvalue weighted by Gasteiger charge is 2.07. The van der Waals surface area contributed by atoms with Crippen LogP contribution in [-0.2, 0) is 0 Å². The summed E-state index contributed by atoms with van der Waals surface area (Å²) in [6.45, 7) is 0. The molecule has 0 unspecified atom stereocenters. The van der Waals surface area contributed by atoms with Crippen LogP contribution in [0.25, 0.3) is 11.3 Å². The van der Waals surface area contributed by atoms with Gasteiger partial charge in [-0.3, -0.25) is 9.98 Å². The molecule has 2 heterocycles. The van der Waals surface area contributed by atoms with E-state index in [4.69, 9.17) is 0 Å². The van der Waals surface area contributed by atoms with E-state index in [1.54, 1.807) is 36.3 Å². The quantitative estimate of drug-likeness (QED) is 0.685. The van der Waals surface area contributed by atoms with Gasteiger partial charge in [0.2, 0.25) is 4.80 Å². The molecule has 1 aromatic carbocycles. The third kappa shape index (κ3) is 3.01. The largest absolute Gasteiger partial charge is 0.261 e. The Morgan fingerprint density at radius 1 is 1.18 bits per heavy atom. The van der Waals surface area contributed by atoms with Crippen molar-refractivity contribution < 1.29 is 4.39 Å². The molecule has 3 rings (SSSR count). The zero-order valence-electron chi connectivity index (χ0n) is 11.8. The Bertz CT molecular complexity index is 848. The summed E-state index contributed by atoms with van der Waals surface area (Å²) in [4.78, 5) is 9.18. The van der Waals surface area contributed by atoms with Crippen molar-refractivity contribution in [3.63, 3.8) is 0 Å². The molecule has 110 valence electrons. The lowest BCUT2D eigenvalue weighted by Gasteiger charge is -2.03. The molecule has 0 amide bonds. The summed E-state index contributed by atoms with van der Waals surface area (Å²) in [7, 11) is 1.72. The van der Waals surface area contributed by atoms with E-state index in [1.165, 1.54) is 23.5 Å². The number of hydrogen-bond acceptors (Lipinski definition) is 4. The predicted octanol–water partition coefficient (Wildman–Crippen LogP) is 3.16. The molecule has 22 heavy (non-hydrogen) atoms. The van der Waals surface area contributed by atoms with Crippen molar-refractivity contribution >= 4 is 17.6 Å². The summed E-state index contributed by atoms with van der Waals surface area (Å²) in [6.07, 6.45) is 3.39. The molecule has 0 aliphatic heterocycles. The van der Waals surface area contributed by atoms with Gasteiger partial charge in [-0.05, 0) is 36.4 Å². The van der Waals surface area contributed by atoms with Crippen LogP contribution in [0.2, 0.25) is 0 Å². The highest BCUT2D eigenvalue weighted by atomic mass is 32.1. The zero-order valence-corrected chi connectivity index (χ0v) is 12.7. The lowest BCUT2D eigenvalue weighted by molar-refractivity contribution is 0.628. The molecule has 0 saturated carbocycles. The van der Waals surface area contributed by atoms with Gasteiger partial charge in [-0.2, -0.15) is 5.10 Å². The van der Waals surface area contributed by atoms with Gasteiger partial charge in [0, 0.05) is 24.2 Å². The third-order valence-corrected chi connectivity index (χ3v) is 3.92. The Hall–Kier alpha value is -2.60. The molecule has 0 atom stereocenters. The number of hydrogen-bond donors (Lipinski definition) is 0. The molecule has 0 spiro atoms. The molecule has 0 fully saturated rings. The number of benzene rings is 1. The number of aromatic nitrogens is 2. The van der Waals surface area contributed by atoms with E-state index < -0.39 is 0 Å². The highest BCUT2D eigenvalue weighted by molar-refractivity contribution is 7.07. The Kier molecular flexibility index (Phi) is 4.20. The Morgan fingerprint density at radius 2 is 2.00 bits per heavy atom. The predicted molar refractivity (Wildman–Crippen MR) is 86.4 cm³/mol. The SMILES string of the molecule is CN=c1scc(-c2ccc(F)cc2)n1/N=C/c1ccccn1. The van der Waals surface area contributed by atoms with Gasteiger partial charge in [-0.15, -0.1) is 11.3 Å². The second-order valence-electron chi connectivity index (χ2n) is 4.44. The first-order valence-corrected chi connectivity index (χ1v) is 7.50. The second-order valence-corrected chi connectivity index (χ2v) is 5.28. The van der Waals surface area contributed by atoms with Gasteiger partial charge >= 0.3 is 0 Å². The van der Waals surface area contributed by atoms with E-state index in [2.05, 4.69) is 15.1 Å². The summed E-state index contributed by atoms with van der Waals surface area (Å²) in [5, 5.41) is 6.41. The van der Waals surface area contributed by atoms with Crippen LogP contribution in [0.15, 0.2) is 64.1 Å². The normalized spacial score (nSPS) is 12.2. The van der Waals surface area contributed by atoms with Crippen LogP contribution in [0.3, 0.4) is 0 Å². The minimum Gasteiger partial charge on any atom is -0.261 e. The number of thiazole rings is 1. The van der Waals surface area contributed by atoms with Gasteiger partial charge in [-0.1, -0.05) is 6.07 Å². The first kappa shape index (κ1) is 14.3. The minimum atomic E-state index is -0.261. The number of rotatable bonds is 3. The van der Waals surface area contributed by atoms with Gasteiger partial charge in [0.1, 0.15) is 5.82 Å². The monoisotopic (exact) mass is 312 g/mol. The van der Waals surface area contributed by atoms with Crippen LogP contribution in [-0.4, -0.2) is 22.9 Å². The van der Waals surface area contributed by atoms with Gasteiger partial charge in [0.25, 0.3) is 0 Å². The van der Waals surface area contributed by atoms with Crippen LogP contribution in [0.4, 0.5) is 4.39 Å². The van der Waals surface area contributed by atoms with E-state index in [9.17, 15) is 4.39 Å². The van der Waals surface area contributed by atoms with Crippen molar-refractivity contribution in [1.82, 2.24) is 9.66 Å². The molecule has 3 aromatic rings. The lowest BCUT2D eigenvalue weighted by Crippen LogP contribution is -2.11. The van der Waals surface area contributed by atoms with Gasteiger partial charge < -0.3 is 0 Å². The fourth-order valence-corrected chi connectivity index (χ4v) is 2.75. The molecule has 4 nitrogen and oxygen atoms in total. The standard InChI is InChI=1S/C16H13FN4S/c1-18-16-21(20-10-14-4-2-3-9-19-14)15(11-22-16)12-5-7-13(17)8-6-12/h2-11H,1H3/b18-16?,20-10+. The van der Waals surface area contributed by atoms with Crippen molar-refractivity contribution in [1.29, 1.82) is 0 Å². The fraction of sp³-hybridized carbons (Fsp3) is 0.0625. The topological polar surface area (TPSA) is 42.5 Å². The first-order valence-electron chi connectivity index (χ1n) is 6.62. The van der Waals surface area contributed by atoms with E-state index in [0.717, 1.165) is 21.8 Å². The first-order chi connectivity index (χ1) is 10.8. The van der Waals surface area contributed by atoms with E-state index >= 15 is 0 Å². The summed E-state index contributed by atoms with van der Waals surface area (Å²) in [5.41, 5.74) is 2.50. The average molecular weight is 312 g/mol. The number of halogens is 1. The lowest BCUT2D eigenvalue weighted by atomic mass is 10.2. The summed E-state index contributed by atoms with van der Waals surface area (Å²) in [6, 6.07) is 11.9. The smallest absolute Gasteiger partial charge is 0.205 e. The highest BCUT2D eigenvalue weighted by Crippen LogP contribution is 2.20. The Morgan fingerprint density at radius 3 is 2.68 bits per heavy atom. The van der Waals surface area contributed by atoms with Crippen molar-refractivity contribution in [3.05, 3.63) is 70.4 Å². The van der Waals surface area contributed by atoms with E-state index in [1.807, 2.05) is 23.6 Å². The molecule has 6 heteroatoms. The van der Waals surface area contributed by atoms with Crippen molar-refractivity contribution in [2.75, 3.05) is 7.05 Å². The zero-order chi connectivity index (χ0) is 15.4. The summed E-state index contributed by atoms with van der Waals surface area (Å²) in [5.74, 6) is -0.261. The van der Waals surface area contributed by atoms with Crippen molar-refractivity contribution in [2.24, 2.45) is 10.1 Å². The molecule has 0 saturated heterocycles. The Balaban J connectivity index is 2.05. The molecule has 2 aromatic heterocycles. The van der Waals surface area contributed by atoms with E-state index in [-0.39, 0.29) is 5.82 Å². The molecule has 0 radical (unpaired) electrons. The molecule has 0 aliphatic carbocycles.